The summed E-state index contributed by atoms with van der Waals surface area (Å²) in [7, 11) is -2.12. The molecule has 0 bridgehead atoms. The number of aromatic nitrogens is 3. The quantitative estimate of drug-likeness (QED) is 0.511. The van der Waals surface area contributed by atoms with Gasteiger partial charge in [-0.3, -0.25) is 0 Å². The van der Waals surface area contributed by atoms with Crippen LogP contribution in [0, 0.1) is 11.2 Å². The van der Waals surface area contributed by atoms with Crippen LogP contribution >= 0.6 is 11.6 Å². The van der Waals surface area contributed by atoms with Crippen LogP contribution in [-0.2, 0) is 21.2 Å². The van der Waals surface area contributed by atoms with Crippen LogP contribution in [0.25, 0.3) is 11.8 Å². The van der Waals surface area contributed by atoms with Crippen LogP contribution in [0.5, 0.6) is 0 Å². The first-order valence-corrected chi connectivity index (χ1v) is 12.3. The minimum absolute atomic E-state index is 0.128. The molecule has 5 rings (SSSR count). The number of sulfonamides is 1. The van der Waals surface area contributed by atoms with E-state index in [0.717, 1.165) is 22.5 Å². The van der Waals surface area contributed by atoms with Crippen molar-refractivity contribution in [1.29, 1.82) is 0 Å². The Bertz CT molecular complexity index is 1340. The number of hydrogen-bond acceptors (Lipinski definition) is 5. The predicted octanol–water partition coefficient (Wildman–Crippen LogP) is 3.73. The average Bonchev–Trinajstić information content (AvgIpc) is 3.20. The SMILES string of the molecule is COC[C@]12Cc3cnn(-c4ccc(F)cc4)c3C=C1CCN(S(=O)(=O)c1ccnc(Cl)c1)C2. The van der Waals surface area contributed by atoms with Gasteiger partial charge in [-0.15, -0.1) is 0 Å². The van der Waals surface area contributed by atoms with Crippen LogP contribution in [0.4, 0.5) is 4.39 Å². The van der Waals surface area contributed by atoms with E-state index in [0.29, 0.717) is 26.0 Å². The number of methoxy groups -OCH3 is 1. The van der Waals surface area contributed by atoms with Crippen molar-refractivity contribution in [3.8, 4) is 5.69 Å². The normalized spacial score (nSPS) is 20.8. The van der Waals surface area contributed by atoms with Crippen LogP contribution in [-0.4, -0.2) is 54.3 Å². The smallest absolute Gasteiger partial charge is 0.243 e. The summed E-state index contributed by atoms with van der Waals surface area (Å²) in [6.45, 7) is 1.01. The van der Waals surface area contributed by atoms with Gasteiger partial charge in [-0.25, -0.2) is 22.5 Å². The molecule has 1 atom stereocenters. The van der Waals surface area contributed by atoms with Gasteiger partial charge in [0.15, 0.2) is 0 Å². The molecule has 2 aromatic heterocycles. The van der Waals surface area contributed by atoms with E-state index in [4.69, 9.17) is 16.3 Å². The van der Waals surface area contributed by atoms with Crippen molar-refractivity contribution >= 4 is 27.7 Å². The van der Waals surface area contributed by atoms with Crippen molar-refractivity contribution in [2.75, 3.05) is 26.8 Å². The Morgan fingerprint density at radius 2 is 2.03 bits per heavy atom. The zero-order chi connectivity index (χ0) is 23.2. The molecular weight excluding hydrogens is 467 g/mol. The second-order valence-electron chi connectivity index (χ2n) is 8.41. The molecule has 1 aromatic carbocycles. The maximum Gasteiger partial charge on any atom is 0.243 e. The second-order valence-corrected chi connectivity index (χ2v) is 10.7. The molecule has 1 fully saturated rings. The van der Waals surface area contributed by atoms with E-state index in [2.05, 4.69) is 16.2 Å². The first-order valence-electron chi connectivity index (χ1n) is 10.5. The van der Waals surface area contributed by atoms with Crippen molar-refractivity contribution in [3.05, 3.63) is 76.6 Å². The minimum atomic E-state index is -3.74. The van der Waals surface area contributed by atoms with Gasteiger partial charge in [-0.05, 0) is 60.9 Å². The second kappa shape index (κ2) is 8.32. The average molecular weight is 489 g/mol. The van der Waals surface area contributed by atoms with Gasteiger partial charge in [0.2, 0.25) is 10.0 Å². The highest BCUT2D eigenvalue weighted by Crippen LogP contribution is 2.45. The molecule has 0 N–H and O–H groups in total. The topological polar surface area (TPSA) is 77.3 Å². The van der Waals surface area contributed by atoms with Gasteiger partial charge in [0.05, 0.1) is 29.1 Å². The number of ether oxygens (including phenoxy) is 1. The lowest BCUT2D eigenvalue weighted by molar-refractivity contribution is 0.0733. The maximum absolute atomic E-state index is 13.4. The van der Waals surface area contributed by atoms with Gasteiger partial charge >= 0.3 is 0 Å². The van der Waals surface area contributed by atoms with Crippen molar-refractivity contribution in [3.63, 3.8) is 0 Å². The fourth-order valence-corrected chi connectivity index (χ4v) is 6.57. The summed E-state index contributed by atoms with van der Waals surface area (Å²) in [6, 6.07) is 9.02. The highest BCUT2D eigenvalue weighted by Gasteiger charge is 2.46. The number of benzene rings is 1. The Kier molecular flexibility index (Phi) is 5.60. The zero-order valence-corrected chi connectivity index (χ0v) is 19.5. The Morgan fingerprint density at radius 1 is 1.24 bits per heavy atom. The van der Waals surface area contributed by atoms with Gasteiger partial charge in [-0.2, -0.15) is 9.40 Å². The molecule has 0 unspecified atom stereocenters. The van der Waals surface area contributed by atoms with E-state index in [9.17, 15) is 12.8 Å². The first kappa shape index (κ1) is 22.2. The molecule has 1 aliphatic carbocycles. The molecule has 3 heterocycles. The van der Waals surface area contributed by atoms with Crippen LogP contribution in [0.3, 0.4) is 0 Å². The van der Waals surface area contributed by atoms with Crippen LogP contribution in [0.1, 0.15) is 17.7 Å². The summed E-state index contributed by atoms with van der Waals surface area (Å²) in [4.78, 5) is 4.02. The highest BCUT2D eigenvalue weighted by atomic mass is 35.5. The molecule has 33 heavy (non-hydrogen) atoms. The minimum Gasteiger partial charge on any atom is -0.384 e. The number of hydrogen-bond donors (Lipinski definition) is 0. The van der Waals surface area contributed by atoms with Crippen molar-refractivity contribution in [2.24, 2.45) is 5.41 Å². The van der Waals surface area contributed by atoms with E-state index in [1.54, 1.807) is 30.1 Å². The summed E-state index contributed by atoms with van der Waals surface area (Å²) in [5, 5.41) is 4.66. The number of nitrogens with zero attached hydrogens (tertiary/aromatic N) is 4. The number of fused-ring (bicyclic) bond motifs is 2. The largest absolute Gasteiger partial charge is 0.384 e. The molecule has 0 saturated carbocycles. The number of halogens is 2. The lowest BCUT2D eigenvalue weighted by atomic mass is 9.69. The molecule has 10 heteroatoms. The van der Waals surface area contributed by atoms with Crippen molar-refractivity contribution in [2.45, 2.75) is 17.7 Å². The Balaban J connectivity index is 1.51. The number of piperidine rings is 1. The lowest BCUT2D eigenvalue weighted by Gasteiger charge is -2.45. The van der Waals surface area contributed by atoms with E-state index < -0.39 is 15.4 Å². The van der Waals surface area contributed by atoms with Gasteiger partial charge in [-0.1, -0.05) is 17.2 Å². The number of rotatable bonds is 5. The molecule has 0 spiro atoms. The Hall–Kier alpha value is -2.59. The van der Waals surface area contributed by atoms with Crippen molar-refractivity contribution in [1.82, 2.24) is 19.1 Å². The summed E-state index contributed by atoms with van der Waals surface area (Å²) >= 11 is 5.94. The third kappa shape index (κ3) is 3.89. The zero-order valence-electron chi connectivity index (χ0n) is 17.9. The maximum atomic E-state index is 13.4. The van der Waals surface area contributed by atoms with Crippen LogP contribution in [0.2, 0.25) is 5.15 Å². The molecule has 1 saturated heterocycles. The summed E-state index contributed by atoms with van der Waals surface area (Å²) in [6.07, 6.45) is 6.43. The molecule has 1 aliphatic heterocycles. The van der Waals surface area contributed by atoms with Gasteiger partial charge in [0.1, 0.15) is 11.0 Å². The van der Waals surface area contributed by atoms with Crippen LogP contribution in [0.15, 0.2) is 59.3 Å². The summed E-state index contributed by atoms with van der Waals surface area (Å²) in [5.74, 6) is -0.304. The number of pyridine rings is 1. The standard InChI is InChI=1S/C23H22ClFN4O3S/c1-32-15-23-12-16-13-27-29(19-4-2-18(25)3-5-19)21(16)10-17(23)7-9-28(14-23)33(30,31)20-6-8-26-22(24)11-20/h2-6,8,10-11,13H,7,9,12,14-15H2,1H3/t23-/m1/s1. The fourth-order valence-electron chi connectivity index (χ4n) is 4.79. The van der Waals surface area contributed by atoms with E-state index in [1.807, 2.05) is 0 Å². The fraction of sp³-hybridized carbons (Fsp3) is 0.304. The molecule has 172 valence electrons. The molecule has 0 radical (unpaired) electrons. The van der Waals surface area contributed by atoms with E-state index >= 15 is 0 Å². The van der Waals surface area contributed by atoms with E-state index in [-0.39, 0.29) is 22.4 Å². The van der Waals surface area contributed by atoms with Gasteiger partial charge in [0.25, 0.3) is 0 Å². The Morgan fingerprint density at radius 3 is 2.76 bits per heavy atom. The lowest BCUT2D eigenvalue weighted by Crippen LogP contribution is -2.51. The summed E-state index contributed by atoms with van der Waals surface area (Å²) < 4.78 is 49.0. The molecule has 0 amide bonds. The molecule has 7 nitrogen and oxygen atoms in total. The van der Waals surface area contributed by atoms with E-state index in [1.165, 1.54) is 34.8 Å². The highest BCUT2D eigenvalue weighted by molar-refractivity contribution is 7.89. The van der Waals surface area contributed by atoms with Crippen molar-refractivity contribution < 1.29 is 17.5 Å². The molecule has 2 aliphatic rings. The van der Waals surface area contributed by atoms with Gasteiger partial charge in [0, 0.05) is 31.8 Å². The summed E-state index contributed by atoms with van der Waals surface area (Å²) in [5.41, 5.74) is 3.32. The monoisotopic (exact) mass is 488 g/mol. The molecular formula is C23H22ClFN4O3S. The molecule has 3 aromatic rings. The first-order chi connectivity index (χ1) is 15.8. The van der Waals surface area contributed by atoms with Gasteiger partial charge < -0.3 is 4.74 Å². The Labute approximate surface area is 196 Å². The predicted molar refractivity (Wildman–Crippen MR) is 122 cm³/mol. The third-order valence-electron chi connectivity index (χ3n) is 6.34. The third-order valence-corrected chi connectivity index (χ3v) is 8.39. The van der Waals surface area contributed by atoms with Crippen LogP contribution < -0.4 is 0 Å².